The Bertz CT molecular complexity index is 2180. The minimum absolute atomic E-state index is 0. The standard InChI is InChI=1S/C24H19N6OSi.C11H8N.Ir/c1-32(2,3)16-12-13-17-18-10-7-11-19(21(18)31-20(17)14-16)23-25-22-24(27-29-28-26-22)30(23)15-8-5-4-6-9-15;1-2-6-10(7-3-1)11-8-4-5-9-12-11;/h4-10,12-14H,1-3H3;1-6,8-9H;/q2*-1;. The van der Waals surface area contributed by atoms with Gasteiger partial charge in [0.2, 0.25) is 11.3 Å². The van der Waals surface area contributed by atoms with Gasteiger partial charge in [0.05, 0.1) is 19.5 Å². The SMILES string of the molecule is C[Si](C)(C)c1ccc2c(c1)oc1c(-c3nc4nnnnc4n3-c3ccccc3)[c-]ccc12.[Ir].[c-]1ccccc1-c1ccccn1. The maximum absolute atomic E-state index is 6.43. The van der Waals surface area contributed by atoms with Crippen LogP contribution < -0.4 is 5.19 Å². The van der Waals surface area contributed by atoms with Gasteiger partial charge in [0.25, 0.3) is 0 Å². The molecular weight excluding hydrogens is 755 g/mol. The van der Waals surface area contributed by atoms with Crippen molar-refractivity contribution < 1.29 is 24.5 Å². The Morgan fingerprint density at radius 2 is 1.56 bits per heavy atom. The van der Waals surface area contributed by atoms with Crippen molar-refractivity contribution in [3.8, 4) is 28.3 Å². The molecule has 0 spiro atoms. The molecule has 4 aromatic heterocycles. The number of aromatic nitrogens is 7. The minimum atomic E-state index is -1.47. The van der Waals surface area contributed by atoms with Gasteiger partial charge in [-0.2, -0.15) is 0 Å². The summed E-state index contributed by atoms with van der Waals surface area (Å²) < 4.78 is 8.35. The Labute approximate surface area is 274 Å². The number of rotatable bonds is 4. The number of para-hydroxylation sites is 1. The first kappa shape index (κ1) is 30.1. The van der Waals surface area contributed by atoms with Gasteiger partial charge in [-0.1, -0.05) is 78.2 Å². The van der Waals surface area contributed by atoms with E-state index in [2.05, 4.69) is 75.6 Å². The van der Waals surface area contributed by atoms with Crippen molar-refractivity contribution in [1.29, 1.82) is 0 Å². The van der Waals surface area contributed by atoms with Gasteiger partial charge in [0.15, 0.2) is 0 Å². The van der Waals surface area contributed by atoms with Crippen LogP contribution >= 0.6 is 0 Å². The maximum atomic E-state index is 6.43. The molecule has 0 unspecified atom stereocenters. The molecule has 4 aromatic carbocycles. The Morgan fingerprint density at radius 3 is 2.31 bits per heavy atom. The molecule has 8 aromatic rings. The van der Waals surface area contributed by atoms with Gasteiger partial charge in [-0.25, -0.2) is 0 Å². The molecule has 0 atom stereocenters. The average molecular weight is 782 g/mol. The smallest absolute Gasteiger partial charge is 0.214 e. The van der Waals surface area contributed by atoms with Crippen LogP contribution in [0.3, 0.4) is 0 Å². The van der Waals surface area contributed by atoms with E-state index in [1.54, 1.807) is 6.20 Å². The summed E-state index contributed by atoms with van der Waals surface area (Å²) in [4.78, 5) is 8.96. The van der Waals surface area contributed by atoms with Crippen LogP contribution in [-0.2, 0) is 20.1 Å². The van der Waals surface area contributed by atoms with E-state index in [0.717, 1.165) is 44.4 Å². The first-order valence-electron chi connectivity index (χ1n) is 14.2. The molecule has 0 aliphatic heterocycles. The largest absolute Gasteiger partial charge is 0.501 e. The molecule has 0 saturated carbocycles. The maximum Gasteiger partial charge on any atom is 0.214 e. The summed E-state index contributed by atoms with van der Waals surface area (Å²) in [6, 6.07) is 40.6. The molecule has 45 heavy (non-hydrogen) atoms. The zero-order chi connectivity index (χ0) is 30.1. The molecule has 0 aliphatic carbocycles. The molecule has 0 N–H and O–H groups in total. The first-order chi connectivity index (χ1) is 21.5. The second-order valence-electron chi connectivity index (χ2n) is 11.3. The molecule has 0 bridgehead atoms. The quantitative estimate of drug-likeness (QED) is 0.139. The van der Waals surface area contributed by atoms with Crippen molar-refractivity contribution in [1.82, 2.24) is 35.2 Å². The second kappa shape index (κ2) is 12.6. The number of fused-ring (bicyclic) bond motifs is 4. The number of hydrogen-bond acceptors (Lipinski definition) is 7. The third-order valence-electron chi connectivity index (χ3n) is 7.34. The Hall–Kier alpha value is -4.89. The van der Waals surface area contributed by atoms with Gasteiger partial charge < -0.3 is 14.0 Å². The fourth-order valence-electron chi connectivity index (χ4n) is 5.12. The van der Waals surface area contributed by atoms with Crippen LogP contribution in [0.5, 0.6) is 0 Å². The van der Waals surface area contributed by atoms with Crippen LogP contribution in [0.1, 0.15) is 0 Å². The average Bonchev–Trinajstić information content (AvgIpc) is 3.64. The third kappa shape index (κ3) is 5.95. The molecule has 8 nitrogen and oxygen atoms in total. The summed E-state index contributed by atoms with van der Waals surface area (Å²) in [5, 5.41) is 19.2. The van der Waals surface area contributed by atoms with Gasteiger partial charge in [-0.15, -0.1) is 64.3 Å². The van der Waals surface area contributed by atoms with Crippen LogP contribution in [0.15, 0.2) is 114 Å². The van der Waals surface area contributed by atoms with Crippen LogP contribution in [0.2, 0.25) is 19.6 Å². The van der Waals surface area contributed by atoms with E-state index in [4.69, 9.17) is 9.40 Å². The second-order valence-corrected chi connectivity index (χ2v) is 16.4. The van der Waals surface area contributed by atoms with E-state index in [1.165, 1.54) is 5.19 Å². The van der Waals surface area contributed by atoms with Gasteiger partial charge >= 0.3 is 0 Å². The molecular formula is C35H27IrN7OSi-2. The Kier molecular flexibility index (Phi) is 8.45. The van der Waals surface area contributed by atoms with Crippen molar-refractivity contribution >= 4 is 46.5 Å². The Morgan fingerprint density at radius 1 is 0.756 bits per heavy atom. The predicted molar refractivity (Wildman–Crippen MR) is 175 cm³/mol. The summed E-state index contributed by atoms with van der Waals surface area (Å²) in [5.74, 6) is 0.635. The van der Waals surface area contributed by atoms with Crippen molar-refractivity contribution in [2.45, 2.75) is 19.6 Å². The molecule has 0 amide bonds. The van der Waals surface area contributed by atoms with E-state index < -0.39 is 8.07 Å². The number of imidazole rings is 1. The van der Waals surface area contributed by atoms with Crippen LogP contribution in [0, 0.1) is 12.1 Å². The van der Waals surface area contributed by atoms with Crippen molar-refractivity contribution in [2.75, 3.05) is 0 Å². The predicted octanol–water partition coefficient (Wildman–Crippen LogP) is 7.06. The van der Waals surface area contributed by atoms with E-state index in [0.29, 0.717) is 17.1 Å². The summed E-state index contributed by atoms with van der Waals surface area (Å²) in [6.45, 7) is 7.00. The molecule has 0 fully saturated rings. The zero-order valence-corrected chi connectivity index (χ0v) is 28.2. The molecule has 1 radical (unpaired) electrons. The van der Waals surface area contributed by atoms with Crippen molar-refractivity contribution in [2.24, 2.45) is 0 Å². The molecule has 4 heterocycles. The molecule has 8 rings (SSSR count). The number of hydrogen-bond donors (Lipinski definition) is 0. The van der Waals surface area contributed by atoms with E-state index in [-0.39, 0.29) is 20.1 Å². The van der Waals surface area contributed by atoms with Crippen LogP contribution in [0.4, 0.5) is 0 Å². The first-order valence-corrected chi connectivity index (χ1v) is 17.7. The van der Waals surface area contributed by atoms with Crippen LogP contribution in [-0.4, -0.2) is 43.2 Å². The summed E-state index contributed by atoms with van der Waals surface area (Å²) in [7, 11) is -1.47. The number of furan rings is 1. The van der Waals surface area contributed by atoms with Gasteiger partial charge in [-0.3, -0.25) is 4.98 Å². The molecule has 0 aliphatic rings. The zero-order valence-electron chi connectivity index (χ0n) is 24.8. The van der Waals surface area contributed by atoms with Crippen LogP contribution in [0.25, 0.3) is 61.6 Å². The number of pyridine rings is 1. The minimum Gasteiger partial charge on any atom is -0.501 e. The van der Waals surface area contributed by atoms with Gasteiger partial charge in [0.1, 0.15) is 5.58 Å². The van der Waals surface area contributed by atoms with Crippen molar-refractivity contribution in [3.05, 3.63) is 121 Å². The topological polar surface area (TPSA) is 95.4 Å². The van der Waals surface area contributed by atoms with E-state index in [9.17, 15) is 0 Å². The van der Waals surface area contributed by atoms with Gasteiger partial charge in [-0.05, 0) is 40.4 Å². The fourth-order valence-corrected chi connectivity index (χ4v) is 6.27. The van der Waals surface area contributed by atoms with E-state index >= 15 is 0 Å². The van der Waals surface area contributed by atoms with E-state index in [1.807, 2.05) is 89.5 Å². The summed E-state index contributed by atoms with van der Waals surface area (Å²) in [5.41, 5.74) is 6.22. The monoisotopic (exact) mass is 782 g/mol. The summed E-state index contributed by atoms with van der Waals surface area (Å²) >= 11 is 0. The summed E-state index contributed by atoms with van der Waals surface area (Å²) in [6.07, 6.45) is 1.79. The molecule has 10 heteroatoms. The number of benzene rings is 4. The number of nitrogens with zero attached hydrogens (tertiary/aromatic N) is 7. The Balaban J connectivity index is 0.000000231. The fraction of sp³-hybridized carbons (Fsp3) is 0.0857. The molecule has 0 saturated heterocycles. The van der Waals surface area contributed by atoms with Crippen molar-refractivity contribution in [3.63, 3.8) is 0 Å². The normalized spacial score (nSPS) is 11.3. The molecule has 223 valence electrons. The van der Waals surface area contributed by atoms with Gasteiger partial charge in [0, 0.05) is 37.4 Å². The third-order valence-corrected chi connectivity index (χ3v) is 9.38.